The third kappa shape index (κ3) is 5.09. The van der Waals surface area contributed by atoms with Gasteiger partial charge in [-0.3, -0.25) is 4.79 Å². The third-order valence-electron chi connectivity index (χ3n) is 4.63. The van der Waals surface area contributed by atoms with Gasteiger partial charge >= 0.3 is 12.4 Å². The number of nitrogens with one attached hydrogen (secondary N) is 1. The van der Waals surface area contributed by atoms with Gasteiger partial charge in [0.25, 0.3) is 15.9 Å². The van der Waals surface area contributed by atoms with Gasteiger partial charge in [-0.1, -0.05) is 0 Å². The quantitative estimate of drug-likeness (QED) is 0.646. The number of hydrogen-bond donors (Lipinski definition) is 2. The number of hydrogen-bond acceptors (Lipinski definition) is 6. The predicted molar refractivity (Wildman–Crippen MR) is 99.2 cm³/mol. The van der Waals surface area contributed by atoms with Crippen molar-refractivity contribution >= 4 is 27.4 Å². The van der Waals surface area contributed by atoms with Crippen LogP contribution in [-0.2, 0) is 16.2 Å². The highest BCUT2D eigenvalue weighted by Crippen LogP contribution is 2.38. The maximum atomic E-state index is 13.4. The number of nitrogens with two attached hydrogens (primary N) is 1. The van der Waals surface area contributed by atoms with Gasteiger partial charge in [-0.2, -0.15) is 26.3 Å². The molecule has 1 unspecified atom stereocenters. The van der Waals surface area contributed by atoms with Crippen LogP contribution >= 0.6 is 0 Å². The largest absolute Gasteiger partial charge is 0.417 e. The molecule has 1 amide bonds. The molecule has 0 radical (unpaired) electrons. The minimum absolute atomic E-state index is 0.0933. The van der Waals surface area contributed by atoms with Crippen molar-refractivity contribution < 1.29 is 39.6 Å². The normalized spacial score (nSPS) is 17.5. The summed E-state index contributed by atoms with van der Waals surface area (Å²) in [6.45, 7) is -0.173. The van der Waals surface area contributed by atoms with E-state index in [0.29, 0.717) is 12.3 Å². The zero-order valence-electron chi connectivity index (χ0n) is 15.9. The van der Waals surface area contributed by atoms with Gasteiger partial charge in [0.1, 0.15) is 11.9 Å². The lowest BCUT2D eigenvalue weighted by Crippen LogP contribution is -2.42. The first-order chi connectivity index (χ1) is 14.7. The first-order valence-electron chi connectivity index (χ1n) is 8.89. The molecule has 174 valence electrons. The van der Waals surface area contributed by atoms with Crippen LogP contribution in [-0.4, -0.2) is 43.1 Å². The molecule has 8 nitrogen and oxygen atoms in total. The summed E-state index contributed by atoms with van der Waals surface area (Å²) in [6.07, 6.45) is -8.49. The second-order valence-electron chi connectivity index (χ2n) is 6.87. The zero-order chi connectivity index (χ0) is 23.9. The zero-order valence-corrected chi connectivity index (χ0v) is 16.7. The lowest BCUT2D eigenvalue weighted by molar-refractivity contribution is -0.146. The molecule has 0 aliphatic carbocycles. The molecule has 0 spiro atoms. The molecular weight excluding hydrogens is 468 g/mol. The van der Waals surface area contributed by atoms with Crippen molar-refractivity contribution in [1.29, 1.82) is 0 Å². The second-order valence-corrected chi connectivity index (χ2v) is 8.38. The highest BCUT2D eigenvalue weighted by atomic mass is 32.2. The van der Waals surface area contributed by atoms with Gasteiger partial charge in [-0.25, -0.2) is 23.5 Å². The van der Waals surface area contributed by atoms with Crippen LogP contribution in [0.25, 0.3) is 0 Å². The maximum Gasteiger partial charge on any atom is 0.417 e. The smallest absolute Gasteiger partial charge is 0.344 e. The van der Waals surface area contributed by atoms with Gasteiger partial charge in [0.2, 0.25) is 0 Å². The Balaban J connectivity index is 2.04. The van der Waals surface area contributed by atoms with Crippen molar-refractivity contribution in [3.05, 3.63) is 41.7 Å². The van der Waals surface area contributed by atoms with Crippen LogP contribution in [0.4, 0.5) is 37.8 Å². The summed E-state index contributed by atoms with van der Waals surface area (Å²) < 4.78 is 102. The minimum atomic E-state index is -4.91. The predicted octanol–water partition coefficient (Wildman–Crippen LogP) is 2.93. The Morgan fingerprint density at radius 3 is 2.44 bits per heavy atom. The number of primary sulfonamides is 1. The van der Waals surface area contributed by atoms with E-state index in [1.807, 2.05) is 0 Å². The van der Waals surface area contributed by atoms with E-state index in [9.17, 15) is 39.6 Å². The lowest BCUT2D eigenvalue weighted by atomic mass is 10.1. The van der Waals surface area contributed by atoms with E-state index in [1.165, 1.54) is 0 Å². The molecule has 15 heteroatoms. The molecule has 3 heterocycles. The van der Waals surface area contributed by atoms with Crippen molar-refractivity contribution in [1.82, 2.24) is 9.97 Å². The number of carbonyl (C=O) groups is 1. The number of nitrogens with zero attached hydrogens (tertiary/aromatic N) is 3. The molecule has 3 rings (SSSR count). The minimum Gasteiger partial charge on any atom is -0.344 e. The first-order valence-corrected chi connectivity index (χ1v) is 10.4. The summed E-state index contributed by atoms with van der Waals surface area (Å²) in [5.74, 6) is -1.80. The average molecular weight is 483 g/mol. The summed E-state index contributed by atoms with van der Waals surface area (Å²) >= 11 is 0. The van der Waals surface area contributed by atoms with Crippen LogP contribution in [0.2, 0.25) is 0 Å². The summed E-state index contributed by atoms with van der Waals surface area (Å²) in [4.78, 5) is 20.5. The maximum absolute atomic E-state index is 13.4. The molecule has 0 saturated carbocycles. The van der Waals surface area contributed by atoms with Gasteiger partial charge < -0.3 is 10.2 Å². The number of carbonyl (C=O) groups excluding carboxylic acids is 1. The molecular formula is C17H15F6N5O3S. The van der Waals surface area contributed by atoms with Crippen LogP contribution in [0.5, 0.6) is 0 Å². The molecule has 1 saturated heterocycles. The Bertz CT molecular complexity index is 1140. The van der Waals surface area contributed by atoms with Crippen LogP contribution < -0.4 is 15.4 Å². The molecule has 32 heavy (non-hydrogen) atoms. The Labute approximate surface area is 177 Å². The fourth-order valence-corrected chi connectivity index (χ4v) is 3.71. The molecule has 0 bridgehead atoms. The topological polar surface area (TPSA) is 118 Å². The number of sulfonamides is 1. The van der Waals surface area contributed by atoms with E-state index in [-0.39, 0.29) is 25.1 Å². The van der Waals surface area contributed by atoms with E-state index >= 15 is 0 Å². The summed E-state index contributed by atoms with van der Waals surface area (Å²) in [7, 11) is -4.25. The van der Waals surface area contributed by atoms with E-state index in [4.69, 9.17) is 5.14 Å². The first kappa shape index (κ1) is 23.7. The van der Waals surface area contributed by atoms with Crippen LogP contribution in [0, 0.1) is 0 Å². The molecule has 1 fully saturated rings. The van der Waals surface area contributed by atoms with Gasteiger partial charge in [0, 0.05) is 30.7 Å². The third-order valence-corrected chi connectivity index (χ3v) is 5.43. The van der Waals surface area contributed by atoms with Gasteiger partial charge in [0.05, 0.1) is 11.1 Å². The van der Waals surface area contributed by atoms with E-state index in [0.717, 1.165) is 23.2 Å². The molecule has 0 aromatic carbocycles. The number of alkyl halides is 6. The highest BCUT2D eigenvalue weighted by Gasteiger charge is 2.47. The number of pyridine rings is 2. The standard InChI is InChI=1S/C17H15F6N5O3S/c18-16(19,20)9-6-11(14(26-8-9)28-5-1-2-12(28)17(21,22)23)15(29)27-10-3-4-25-13(7-10)32(24,30)31/h3-4,6-8,12H,1-2,5H2,(H2,24,30,31)(H,25,27,29). The Hall–Kier alpha value is -2.94. The van der Waals surface area contributed by atoms with Crippen molar-refractivity contribution in [2.24, 2.45) is 5.14 Å². The number of halogens is 6. The fourth-order valence-electron chi connectivity index (χ4n) is 3.21. The molecule has 2 aromatic rings. The Morgan fingerprint density at radius 2 is 1.84 bits per heavy atom. The van der Waals surface area contributed by atoms with Crippen molar-refractivity contribution in [3.8, 4) is 0 Å². The number of amides is 1. The van der Waals surface area contributed by atoms with Crippen LogP contribution in [0.15, 0.2) is 35.6 Å². The van der Waals surface area contributed by atoms with Crippen molar-refractivity contribution in [2.45, 2.75) is 36.3 Å². The van der Waals surface area contributed by atoms with Gasteiger partial charge in [-0.05, 0) is 25.0 Å². The van der Waals surface area contributed by atoms with E-state index in [1.54, 1.807) is 0 Å². The van der Waals surface area contributed by atoms with Gasteiger partial charge in [-0.15, -0.1) is 0 Å². The van der Waals surface area contributed by atoms with Crippen molar-refractivity contribution in [3.63, 3.8) is 0 Å². The molecule has 2 aromatic heterocycles. The molecule has 1 aliphatic heterocycles. The van der Waals surface area contributed by atoms with E-state index in [2.05, 4.69) is 15.3 Å². The van der Waals surface area contributed by atoms with Crippen LogP contribution in [0.1, 0.15) is 28.8 Å². The molecule has 3 N–H and O–H groups in total. The van der Waals surface area contributed by atoms with Gasteiger partial charge in [0.15, 0.2) is 5.03 Å². The summed E-state index contributed by atoms with van der Waals surface area (Å²) in [5.41, 5.74) is -2.30. The highest BCUT2D eigenvalue weighted by molar-refractivity contribution is 7.89. The molecule has 1 aliphatic rings. The lowest BCUT2D eigenvalue weighted by Gasteiger charge is -2.29. The number of rotatable bonds is 4. The Kier molecular flexibility index (Phi) is 6.08. The second kappa shape index (κ2) is 8.20. The fraction of sp³-hybridized carbons (Fsp3) is 0.353. The van der Waals surface area contributed by atoms with Crippen LogP contribution in [0.3, 0.4) is 0 Å². The summed E-state index contributed by atoms with van der Waals surface area (Å²) in [5, 5.41) is 6.47. The monoisotopic (exact) mass is 483 g/mol. The number of anilines is 2. The van der Waals surface area contributed by atoms with Crippen molar-refractivity contribution in [2.75, 3.05) is 16.8 Å². The average Bonchev–Trinajstić information content (AvgIpc) is 3.16. The molecule has 1 atom stereocenters. The van der Waals surface area contributed by atoms with E-state index < -0.39 is 56.3 Å². The Morgan fingerprint density at radius 1 is 1.16 bits per heavy atom. The number of aromatic nitrogens is 2. The SMILES string of the molecule is NS(=O)(=O)c1cc(NC(=O)c2cc(C(F)(F)F)cnc2N2CCCC2C(F)(F)F)ccn1. The summed E-state index contributed by atoms with van der Waals surface area (Å²) in [6, 6.07) is 0.350.